The fourth-order valence-electron chi connectivity index (χ4n) is 2.77. The number of hydrogen-bond acceptors (Lipinski definition) is 3. The maximum Gasteiger partial charge on any atom is 0.124 e. The molecule has 1 aliphatic heterocycles. The van der Waals surface area contributed by atoms with Crippen LogP contribution in [0, 0.1) is 5.92 Å². The number of ether oxygens (including phenoxy) is 2. The lowest BCUT2D eigenvalue weighted by molar-refractivity contribution is 0.0614. The Morgan fingerprint density at radius 3 is 2.90 bits per heavy atom. The molecule has 0 bridgehead atoms. The summed E-state index contributed by atoms with van der Waals surface area (Å²) in [6.45, 7) is 2.67. The van der Waals surface area contributed by atoms with Crippen LogP contribution in [0.15, 0.2) is 18.2 Å². The molecule has 108 valence electrons. The van der Waals surface area contributed by atoms with E-state index in [4.69, 9.17) is 21.1 Å². The molecular formula is C15H19ClN2O2. The monoisotopic (exact) mass is 294 g/mol. The quantitative estimate of drug-likeness (QED) is 0.813. The van der Waals surface area contributed by atoms with Crippen LogP contribution in [0.3, 0.4) is 0 Å². The number of alkyl halides is 1. The zero-order chi connectivity index (χ0) is 13.9. The van der Waals surface area contributed by atoms with E-state index in [1.165, 1.54) is 0 Å². The predicted octanol–water partition coefficient (Wildman–Crippen LogP) is 3.21. The second kappa shape index (κ2) is 6.02. The standard InChI is InChI=1S/C15H19ClN2O2/c1-19-12-2-3-13-14(8-12)18(15(9-16)17-13)10-11-4-6-20-7-5-11/h2-3,8,11H,4-7,9-10H2,1H3. The van der Waals surface area contributed by atoms with Crippen molar-refractivity contribution in [2.75, 3.05) is 20.3 Å². The molecule has 0 atom stereocenters. The zero-order valence-corrected chi connectivity index (χ0v) is 12.4. The Labute approximate surface area is 123 Å². The minimum atomic E-state index is 0.431. The van der Waals surface area contributed by atoms with E-state index in [-0.39, 0.29) is 0 Å². The van der Waals surface area contributed by atoms with E-state index in [1.54, 1.807) is 7.11 Å². The Bertz CT molecular complexity index is 591. The Balaban J connectivity index is 1.97. The van der Waals surface area contributed by atoms with E-state index in [2.05, 4.69) is 9.55 Å². The topological polar surface area (TPSA) is 36.3 Å². The van der Waals surface area contributed by atoms with E-state index in [9.17, 15) is 0 Å². The number of nitrogens with zero attached hydrogens (tertiary/aromatic N) is 2. The van der Waals surface area contributed by atoms with E-state index in [0.29, 0.717) is 11.8 Å². The molecule has 0 saturated carbocycles. The average Bonchev–Trinajstić information content (AvgIpc) is 2.85. The summed E-state index contributed by atoms with van der Waals surface area (Å²) in [6, 6.07) is 5.97. The molecule has 0 spiro atoms. The first kappa shape index (κ1) is 13.7. The van der Waals surface area contributed by atoms with Crippen LogP contribution < -0.4 is 4.74 Å². The van der Waals surface area contributed by atoms with Crippen molar-refractivity contribution in [1.82, 2.24) is 9.55 Å². The van der Waals surface area contributed by atoms with Gasteiger partial charge >= 0.3 is 0 Å². The summed E-state index contributed by atoms with van der Waals surface area (Å²) in [6.07, 6.45) is 2.21. The summed E-state index contributed by atoms with van der Waals surface area (Å²) >= 11 is 6.06. The molecule has 4 nitrogen and oxygen atoms in total. The maximum atomic E-state index is 6.06. The number of rotatable bonds is 4. The number of methoxy groups -OCH3 is 1. The first-order valence-corrected chi connectivity index (χ1v) is 7.52. The van der Waals surface area contributed by atoms with Crippen molar-refractivity contribution in [3.8, 4) is 5.75 Å². The summed E-state index contributed by atoms with van der Waals surface area (Å²) in [5.41, 5.74) is 2.08. The molecule has 0 amide bonds. The molecule has 1 aliphatic rings. The number of hydrogen-bond donors (Lipinski definition) is 0. The van der Waals surface area contributed by atoms with E-state index in [0.717, 1.165) is 55.2 Å². The Morgan fingerprint density at radius 2 is 2.20 bits per heavy atom. The molecule has 1 aromatic carbocycles. The Morgan fingerprint density at radius 1 is 1.40 bits per heavy atom. The van der Waals surface area contributed by atoms with Gasteiger partial charge in [0, 0.05) is 25.8 Å². The second-order valence-electron chi connectivity index (χ2n) is 5.18. The van der Waals surface area contributed by atoms with Crippen LogP contribution in [0.5, 0.6) is 5.75 Å². The number of imidazole rings is 1. The van der Waals surface area contributed by atoms with Crippen molar-refractivity contribution in [1.29, 1.82) is 0 Å². The van der Waals surface area contributed by atoms with Gasteiger partial charge in [0.1, 0.15) is 11.6 Å². The summed E-state index contributed by atoms with van der Waals surface area (Å²) in [4.78, 5) is 4.62. The van der Waals surface area contributed by atoms with Gasteiger partial charge in [-0.05, 0) is 30.9 Å². The lowest BCUT2D eigenvalue weighted by atomic mass is 10.0. The Kier molecular flexibility index (Phi) is 4.13. The molecule has 5 heteroatoms. The summed E-state index contributed by atoms with van der Waals surface area (Å²) < 4.78 is 13.0. The van der Waals surface area contributed by atoms with Crippen molar-refractivity contribution >= 4 is 22.6 Å². The number of fused-ring (bicyclic) bond motifs is 1. The smallest absolute Gasteiger partial charge is 0.124 e. The number of aromatic nitrogens is 2. The third-order valence-corrected chi connectivity index (χ3v) is 4.17. The van der Waals surface area contributed by atoms with Crippen LogP contribution in [0.25, 0.3) is 11.0 Å². The van der Waals surface area contributed by atoms with Crippen LogP contribution in [-0.4, -0.2) is 29.9 Å². The van der Waals surface area contributed by atoms with Crippen molar-refractivity contribution in [2.24, 2.45) is 5.92 Å². The summed E-state index contributed by atoms with van der Waals surface area (Å²) in [7, 11) is 1.68. The van der Waals surface area contributed by atoms with E-state index in [1.807, 2.05) is 18.2 Å². The molecule has 0 radical (unpaired) electrons. The van der Waals surface area contributed by atoms with Gasteiger partial charge in [0.25, 0.3) is 0 Å². The first-order chi connectivity index (χ1) is 9.81. The van der Waals surface area contributed by atoms with Crippen molar-refractivity contribution in [3.05, 3.63) is 24.0 Å². The highest BCUT2D eigenvalue weighted by atomic mass is 35.5. The second-order valence-corrected chi connectivity index (χ2v) is 5.45. The summed E-state index contributed by atoms with van der Waals surface area (Å²) in [5.74, 6) is 2.85. The highest BCUT2D eigenvalue weighted by Gasteiger charge is 2.18. The zero-order valence-electron chi connectivity index (χ0n) is 11.6. The van der Waals surface area contributed by atoms with E-state index >= 15 is 0 Å². The minimum absolute atomic E-state index is 0.431. The van der Waals surface area contributed by atoms with Gasteiger partial charge in [-0.15, -0.1) is 11.6 Å². The molecule has 20 heavy (non-hydrogen) atoms. The third kappa shape index (κ3) is 2.63. The van der Waals surface area contributed by atoms with Gasteiger partial charge in [-0.2, -0.15) is 0 Å². The SMILES string of the molecule is COc1ccc2nc(CCl)n(CC3CCOCC3)c2c1. The van der Waals surface area contributed by atoms with Crippen molar-refractivity contribution in [2.45, 2.75) is 25.3 Å². The normalized spacial score (nSPS) is 16.7. The third-order valence-electron chi connectivity index (χ3n) is 3.94. The fourth-order valence-corrected chi connectivity index (χ4v) is 2.98. The molecule has 1 fully saturated rings. The lowest BCUT2D eigenvalue weighted by Crippen LogP contribution is -2.21. The van der Waals surface area contributed by atoms with Gasteiger partial charge in [0.2, 0.25) is 0 Å². The van der Waals surface area contributed by atoms with Gasteiger partial charge in [0.05, 0.1) is 24.0 Å². The minimum Gasteiger partial charge on any atom is -0.497 e. The van der Waals surface area contributed by atoms with Gasteiger partial charge in [-0.25, -0.2) is 4.98 Å². The molecule has 2 heterocycles. The number of benzene rings is 1. The van der Waals surface area contributed by atoms with E-state index < -0.39 is 0 Å². The molecular weight excluding hydrogens is 276 g/mol. The van der Waals surface area contributed by atoms with Crippen LogP contribution in [0.1, 0.15) is 18.7 Å². The lowest BCUT2D eigenvalue weighted by Gasteiger charge is -2.23. The molecule has 0 N–H and O–H groups in total. The number of halogens is 1. The van der Waals surface area contributed by atoms with Gasteiger partial charge in [0.15, 0.2) is 0 Å². The first-order valence-electron chi connectivity index (χ1n) is 6.98. The predicted molar refractivity (Wildman–Crippen MR) is 79.4 cm³/mol. The fraction of sp³-hybridized carbons (Fsp3) is 0.533. The van der Waals surface area contributed by atoms with Crippen LogP contribution in [-0.2, 0) is 17.2 Å². The van der Waals surface area contributed by atoms with Gasteiger partial charge in [-0.3, -0.25) is 0 Å². The molecule has 2 aromatic rings. The van der Waals surface area contributed by atoms with Crippen LogP contribution in [0.2, 0.25) is 0 Å². The molecule has 1 saturated heterocycles. The van der Waals surface area contributed by atoms with Gasteiger partial charge < -0.3 is 14.0 Å². The van der Waals surface area contributed by atoms with Crippen LogP contribution >= 0.6 is 11.6 Å². The van der Waals surface area contributed by atoms with Crippen molar-refractivity contribution < 1.29 is 9.47 Å². The van der Waals surface area contributed by atoms with Gasteiger partial charge in [-0.1, -0.05) is 0 Å². The molecule has 1 aromatic heterocycles. The average molecular weight is 295 g/mol. The maximum absolute atomic E-state index is 6.06. The highest BCUT2D eigenvalue weighted by Crippen LogP contribution is 2.26. The summed E-state index contributed by atoms with van der Waals surface area (Å²) in [5, 5.41) is 0. The molecule has 0 unspecified atom stereocenters. The Hall–Kier alpha value is -1.26. The largest absolute Gasteiger partial charge is 0.497 e. The van der Waals surface area contributed by atoms with Crippen LogP contribution in [0.4, 0.5) is 0 Å². The molecule has 3 rings (SSSR count). The molecule has 0 aliphatic carbocycles. The highest BCUT2D eigenvalue weighted by molar-refractivity contribution is 6.16. The van der Waals surface area contributed by atoms with Crippen molar-refractivity contribution in [3.63, 3.8) is 0 Å².